The van der Waals surface area contributed by atoms with Gasteiger partial charge in [-0.2, -0.15) is 13.8 Å². The van der Waals surface area contributed by atoms with Crippen molar-refractivity contribution in [2.45, 2.75) is 37.7 Å². The minimum atomic E-state index is -4.36. The van der Waals surface area contributed by atoms with Crippen molar-refractivity contribution < 1.29 is 41.6 Å². The number of nitrogens with two attached hydrogens (primary N) is 1. The van der Waals surface area contributed by atoms with Gasteiger partial charge in [0.1, 0.15) is 11.9 Å². The van der Waals surface area contributed by atoms with Gasteiger partial charge in [-0.05, 0) is 12.5 Å². The average Bonchev–Trinajstić information content (AvgIpc) is 2.85. The van der Waals surface area contributed by atoms with Gasteiger partial charge in [0.2, 0.25) is 6.23 Å². The first-order valence-electron chi connectivity index (χ1n) is 8.22. The Labute approximate surface area is 157 Å². The number of phosphoric ester groups is 1. The molecule has 5 atom stereocenters. The zero-order chi connectivity index (χ0) is 20.7. The van der Waals surface area contributed by atoms with E-state index in [1.54, 1.807) is 0 Å². The van der Waals surface area contributed by atoms with Crippen molar-refractivity contribution in [2.24, 2.45) is 5.92 Å². The van der Waals surface area contributed by atoms with Crippen LogP contribution in [0.1, 0.15) is 19.6 Å². The fourth-order valence-corrected chi connectivity index (χ4v) is 4.11. The van der Waals surface area contributed by atoms with E-state index in [2.05, 4.69) is 4.98 Å². The van der Waals surface area contributed by atoms with Crippen LogP contribution in [0.15, 0.2) is 17.1 Å². The number of rotatable bonds is 6. The summed E-state index contributed by atoms with van der Waals surface area (Å²) < 4.78 is 62.6. The molecule has 0 aliphatic carbocycles. The van der Waals surface area contributed by atoms with Gasteiger partial charge in [-0.15, -0.1) is 0 Å². The summed E-state index contributed by atoms with van der Waals surface area (Å²) >= 11 is 0. The van der Waals surface area contributed by atoms with Crippen LogP contribution in [0.3, 0.4) is 0 Å². The van der Waals surface area contributed by atoms with Crippen LogP contribution in [0.5, 0.6) is 0 Å². The minimum absolute atomic E-state index is 0.0256. The van der Waals surface area contributed by atoms with Gasteiger partial charge in [-0.1, -0.05) is 6.92 Å². The molecule has 14 heteroatoms. The Morgan fingerprint density at radius 1 is 1.61 bits per heavy atom. The third-order valence-electron chi connectivity index (χ3n) is 4.32. The summed E-state index contributed by atoms with van der Waals surface area (Å²) in [6.45, 7) is 0.543. The van der Waals surface area contributed by atoms with Crippen LogP contribution in [-0.4, -0.2) is 52.0 Å². The summed E-state index contributed by atoms with van der Waals surface area (Å²) in [5, 5.41) is 8.81. The molecule has 1 aromatic heterocycles. The normalized spacial score (nSPS) is 32.6. The van der Waals surface area contributed by atoms with Crippen LogP contribution in [-0.2, 0) is 27.7 Å². The highest BCUT2D eigenvalue weighted by Gasteiger charge is 2.65. The lowest BCUT2D eigenvalue weighted by molar-refractivity contribution is -0.142. The second-order valence-corrected chi connectivity index (χ2v) is 8.00. The van der Waals surface area contributed by atoms with Gasteiger partial charge in [0.25, 0.3) is 0 Å². The minimum Gasteiger partial charge on any atom is -0.481 e. The van der Waals surface area contributed by atoms with E-state index in [-0.39, 0.29) is 18.8 Å². The number of hydrogen-bond donors (Lipinski definition) is 2. The lowest BCUT2D eigenvalue weighted by Crippen LogP contribution is -2.45. The van der Waals surface area contributed by atoms with Gasteiger partial charge >= 0.3 is 25.4 Å². The Morgan fingerprint density at radius 3 is 2.96 bits per heavy atom. The molecule has 156 valence electrons. The predicted molar refractivity (Wildman–Crippen MR) is 87.6 cm³/mol. The number of nitrogen functional groups attached to an aromatic ring is 1. The van der Waals surface area contributed by atoms with E-state index in [9.17, 15) is 22.9 Å². The number of aliphatic carboxylic acids is 1. The van der Waals surface area contributed by atoms with Crippen LogP contribution in [0.25, 0.3) is 0 Å². The molecule has 0 bridgehead atoms. The topological polar surface area (TPSA) is 152 Å². The van der Waals surface area contributed by atoms with Crippen molar-refractivity contribution in [2.75, 3.05) is 18.9 Å². The molecule has 3 heterocycles. The number of ether oxygens (including phenoxy) is 1. The summed E-state index contributed by atoms with van der Waals surface area (Å²) in [6, 6.07) is 1.15. The van der Waals surface area contributed by atoms with Crippen molar-refractivity contribution in [1.29, 1.82) is 0 Å². The second-order valence-electron chi connectivity index (χ2n) is 6.37. The standard InChI is InChI=1S/C14H18F2N3O8P/c1-7(11(20)21)3-5-24-28(23)25-6-8-10(27-28)14(15,16)12(26-8)19-4-2-9(17)18-13(19)22/h2,4,7-8,10,12H,3,5-6H2,1H3,(H,20,21)(H2,17,18,22)/t7?,8-,10-,12-,28?/m1/s1. The zero-order valence-electron chi connectivity index (χ0n) is 14.6. The van der Waals surface area contributed by atoms with Crippen LogP contribution >= 0.6 is 7.82 Å². The molecule has 3 N–H and O–H groups in total. The monoisotopic (exact) mass is 425 g/mol. The highest BCUT2D eigenvalue weighted by atomic mass is 31.2. The van der Waals surface area contributed by atoms with E-state index >= 15 is 0 Å². The maximum atomic E-state index is 14.8. The Bertz CT molecular complexity index is 865. The molecule has 0 amide bonds. The molecule has 2 aliphatic heterocycles. The van der Waals surface area contributed by atoms with Crippen LogP contribution in [0, 0.1) is 5.92 Å². The quantitative estimate of drug-likeness (QED) is 0.632. The number of carboxylic acid groups (broad SMARTS) is 1. The Kier molecular flexibility index (Phi) is 5.56. The Morgan fingerprint density at radius 2 is 2.32 bits per heavy atom. The lowest BCUT2D eigenvalue weighted by Gasteiger charge is -2.31. The Balaban J connectivity index is 1.73. The fraction of sp³-hybridized carbons (Fsp3) is 0.643. The number of alkyl halides is 2. The molecular weight excluding hydrogens is 407 g/mol. The number of nitrogens with zero attached hydrogens (tertiary/aromatic N) is 2. The van der Waals surface area contributed by atoms with Crippen molar-refractivity contribution in [3.05, 3.63) is 22.7 Å². The molecule has 0 radical (unpaired) electrons. The van der Waals surface area contributed by atoms with Crippen LogP contribution < -0.4 is 11.4 Å². The maximum absolute atomic E-state index is 14.8. The summed E-state index contributed by atoms with van der Waals surface area (Å²) in [6.07, 6.45) is -4.40. The number of aromatic nitrogens is 2. The maximum Gasteiger partial charge on any atom is 0.475 e. The van der Waals surface area contributed by atoms with Crippen molar-refractivity contribution in [1.82, 2.24) is 9.55 Å². The molecule has 1 aromatic rings. The molecule has 28 heavy (non-hydrogen) atoms. The highest BCUT2D eigenvalue weighted by molar-refractivity contribution is 7.48. The third-order valence-corrected chi connectivity index (χ3v) is 5.76. The highest BCUT2D eigenvalue weighted by Crippen LogP contribution is 2.59. The van der Waals surface area contributed by atoms with E-state index in [1.807, 2.05) is 0 Å². The van der Waals surface area contributed by atoms with Crippen molar-refractivity contribution >= 4 is 19.6 Å². The van der Waals surface area contributed by atoms with E-state index < -0.39 is 56.4 Å². The largest absolute Gasteiger partial charge is 0.481 e. The third kappa shape index (κ3) is 3.94. The molecule has 2 saturated heterocycles. The Hall–Kier alpha value is -1.92. The first-order chi connectivity index (χ1) is 13.0. The smallest absolute Gasteiger partial charge is 0.475 e. The van der Waals surface area contributed by atoms with E-state index in [0.717, 1.165) is 12.3 Å². The molecule has 3 rings (SSSR count). The number of halogens is 2. The molecule has 0 spiro atoms. The predicted octanol–water partition coefficient (Wildman–Crippen LogP) is 1.01. The van der Waals surface area contributed by atoms with Gasteiger partial charge in [0.05, 0.1) is 19.1 Å². The molecule has 0 aromatic carbocycles. The number of carboxylic acids is 1. The molecule has 0 saturated carbocycles. The average molecular weight is 425 g/mol. The van der Waals surface area contributed by atoms with Crippen molar-refractivity contribution in [3.8, 4) is 0 Å². The number of fused-ring (bicyclic) bond motifs is 1. The van der Waals surface area contributed by atoms with E-state index in [4.69, 9.17) is 29.1 Å². The van der Waals surface area contributed by atoms with Crippen LogP contribution in [0.4, 0.5) is 14.6 Å². The summed E-state index contributed by atoms with van der Waals surface area (Å²) in [5.74, 6) is -5.79. The number of anilines is 1. The summed E-state index contributed by atoms with van der Waals surface area (Å²) in [5.41, 5.74) is 4.30. The zero-order valence-corrected chi connectivity index (χ0v) is 15.5. The van der Waals surface area contributed by atoms with Gasteiger partial charge in [0, 0.05) is 6.20 Å². The fourth-order valence-electron chi connectivity index (χ4n) is 2.70. The molecule has 2 unspecified atom stereocenters. The molecular formula is C14H18F2N3O8P. The summed E-state index contributed by atoms with van der Waals surface area (Å²) in [7, 11) is -4.36. The number of carbonyl (C=O) groups is 1. The van der Waals surface area contributed by atoms with E-state index in [0.29, 0.717) is 4.57 Å². The molecule has 2 aliphatic rings. The second kappa shape index (κ2) is 7.48. The number of phosphoric acid groups is 1. The molecule has 11 nitrogen and oxygen atoms in total. The molecule has 2 fully saturated rings. The first kappa shape index (κ1) is 20.8. The summed E-state index contributed by atoms with van der Waals surface area (Å²) in [4.78, 5) is 26.0. The lowest BCUT2D eigenvalue weighted by atomic mass is 10.1. The SMILES string of the molecule is CC(CCOP1(=O)OC[C@H]2O[C@@H](n3ccc(N)nc3=O)C(F)(F)[C@@H]2O1)C(=O)O. The first-order valence-corrected chi connectivity index (χ1v) is 9.68. The number of hydrogen-bond acceptors (Lipinski definition) is 9. The van der Waals surface area contributed by atoms with Gasteiger partial charge in [-0.3, -0.25) is 22.9 Å². The van der Waals surface area contributed by atoms with Gasteiger partial charge in [-0.25, -0.2) is 9.36 Å². The van der Waals surface area contributed by atoms with Crippen molar-refractivity contribution in [3.63, 3.8) is 0 Å². The van der Waals surface area contributed by atoms with Gasteiger partial charge in [0.15, 0.2) is 6.10 Å². The van der Waals surface area contributed by atoms with Crippen LogP contribution in [0.2, 0.25) is 0 Å². The van der Waals surface area contributed by atoms with E-state index in [1.165, 1.54) is 6.92 Å². The van der Waals surface area contributed by atoms with Gasteiger partial charge < -0.3 is 15.6 Å².